The predicted octanol–water partition coefficient (Wildman–Crippen LogP) is 2.03. The summed E-state index contributed by atoms with van der Waals surface area (Å²) in [6.45, 7) is 1.57. The van der Waals surface area contributed by atoms with E-state index in [2.05, 4.69) is 30.9 Å². The maximum Gasteiger partial charge on any atom is 0.257 e. The number of anilines is 1. The minimum Gasteiger partial charge on any atom is -0.472 e. The number of carbonyl (C=O) groups excluding carboxylic acids is 1. The molecule has 150 valence electrons. The van der Waals surface area contributed by atoms with Crippen LogP contribution < -0.4 is 15.4 Å². The summed E-state index contributed by atoms with van der Waals surface area (Å²) < 4.78 is 7.38. The predicted molar refractivity (Wildman–Crippen MR) is 111 cm³/mol. The highest BCUT2D eigenvalue weighted by Gasteiger charge is 2.19. The molecule has 1 aliphatic rings. The number of nitrogens with one attached hydrogen (secondary N) is 2. The van der Waals surface area contributed by atoms with Gasteiger partial charge in [0.1, 0.15) is 17.6 Å². The third-order valence-corrected chi connectivity index (χ3v) is 4.89. The number of benzene rings is 1. The zero-order valence-corrected chi connectivity index (χ0v) is 16.2. The van der Waals surface area contributed by atoms with E-state index < -0.39 is 0 Å². The summed E-state index contributed by atoms with van der Waals surface area (Å²) in [5.41, 5.74) is 2.19. The topological polar surface area (TPSA) is 107 Å². The van der Waals surface area contributed by atoms with Gasteiger partial charge in [0, 0.05) is 55.1 Å². The Bertz CT molecular complexity index is 1230. The van der Waals surface area contributed by atoms with Crippen LogP contribution in [0.15, 0.2) is 55.0 Å². The number of fused-ring (bicyclic) bond motifs is 1. The van der Waals surface area contributed by atoms with E-state index >= 15 is 0 Å². The molecule has 0 atom stereocenters. The molecule has 0 bridgehead atoms. The van der Waals surface area contributed by atoms with Crippen LogP contribution in [-0.4, -0.2) is 50.1 Å². The van der Waals surface area contributed by atoms with Gasteiger partial charge in [0.15, 0.2) is 0 Å². The largest absolute Gasteiger partial charge is 0.472 e. The van der Waals surface area contributed by atoms with Crippen molar-refractivity contribution in [3.05, 3.63) is 60.6 Å². The summed E-state index contributed by atoms with van der Waals surface area (Å²) in [4.78, 5) is 21.2. The lowest BCUT2D eigenvalue weighted by molar-refractivity contribution is 0.102. The second-order valence-electron chi connectivity index (χ2n) is 7.14. The van der Waals surface area contributed by atoms with Crippen LogP contribution >= 0.6 is 0 Å². The molecule has 0 unspecified atom stereocenters. The van der Waals surface area contributed by atoms with Crippen LogP contribution in [0, 0.1) is 0 Å². The molecule has 4 aromatic rings. The Morgan fingerprint density at radius 1 is 1.17 bits per heavy atom. The lowest BCUT2D eigenvalue weighted by Crippen LogP contribution is -2.50. The van der Waals surface area contributed by atoms with Crippen LogP contribution in [-0.2, 0) is 7.05 Å². The molecule has 1 saturated heterocycles. The standard InChI is InChI=1S/C21H19N7O2/c1-28-12-18(26-27-28)13-2-3-15-9-24-19(7-16(15)6-13)25-21(29)14-4-5-23-20(8-14)30-17-10-22-11-17/h2-9,12,17,22H,10-11H2,1H3,(H,24,25,29). The zero-order chi connectivity index (χ0) is 20.5. The monoisotopic (exact) mass is 401 g/mol. The Morgan fingerprint density at radius 2 is 2.07 bits per heavy atom. The molecule has 30 heavy (non-hydrogen) atoms. The molecule has 4 heterocycles. The van der Waals surface area contributed by atoms with Crippen molar-refractivity contribution in [3.63, 3.8) is 0 Å². The Morgan fingerprint density at radius 3 is 2.83 bits per heavy atom. The quantitative estimate of drug-likeness (QED) is 0.527. The van der Waals surface area contributed by atoms with Gasteiger partial charge in [0.25, 0.3) is 5.91 Å². The van der Waals surface area contributed by atoms with Gasteiger partial charge >= 0.3 is 0 Å². The summed E-state index contributed by atoms with van der Waals surface area (Å²) in [5, 5.41) is 16.0. The van der Waals surface area contributed by atoms with Crippen molar-refractivity contribution < 1.29 is 9.53 Å². The highest BCUT2D eigenvalue weighted by molar-refractivity contribution is 6.04. The van der Waals surface area contributed by atoms with Gasteiger partial charge in [0.05, 0.1) is 6.20 Å². The van der Waals surface area contributed by atoms with Gasteiger partial charge in [0.2, 0.25) is 5.88 Å². The molecule has 0 radical (unpaired) electrons. The maximum absolute atomic E-state index is 12.7. The summed E-state index contributed by atoms with van der Waals surface area (Å²) in [6.07, 6.45) is 5.25. The van der Waals surface area contributed by atoms with Gasteiger partial charge in [-0.2, -0.15) is 0 Å². The smallest absolute Gasteiger partial charge is 0.257 e. The summed E-state index contributed by atoms with van der Waals surface area (Å²) in [6, 6.07) is 11.1. The number of aromatic nitrogens is 5. The maximum atomic E-state index is 12.7. The molecule has 0 aliphatic carbocycles. The Labute approximate surface area is 172 Å². The van der Waals surface area contributed by atoms with Gasteiger partial charge in [-0.1, -0.05) is 17.3 Å². The van der Waals surface area contributed by atoms with Crippen molar-refractivity contribution in [2.75, 3.05) is 18.4 Å². The number of rotatable bonds is 5. The van der Waals surface area contributed by atoms with E-state index in [1.54, 1.807) is 29.2 Å². The molecule has 0 saturated carbocycles. The highest BCUT2D eigenvalue weighted by Crippen LogP contribution is 2.24. The van der Waals surface area contributed by atoms with Crippen molar-refractivity contribution in [3.8, 4) is 17.1 Å². The van der Waals surface area contributed by atoms with Crippen molar-refractivity contribution in [1.29, 1.82) is 0 Å². The number of ether oxygens (including phenoxy) is 1. The van der Waals surface area contributed by atoms with Crippen LogP contribution in [0.1, 0.15) is 10.4 Å². The van der Waals surface area contributed by atoms with E-state index in [0.717, 1.165) is 35.1 Å². The van der Waals surface area contributed by atoms with Gasteiger partial charge in [-0.25, -0.2) is 9.97 Å². The second-order valence-corrected chi connectivity index (χ2v) is 7.14. The summed E-state index contributed by atoms with van der Waals surface area (Å²) in [5.74, 6) is 0.631. The molecule has 3 aromatic heterocycles. The number of amides is 1. The first-order valence-electron chi connectivity index (χ1n) is 9.55. The summed E-state index contributed by atoms with van der Waals surface area (Å²) in [7, 11) is 1.83. The molecule has 5 rings (SSSR count). The first-order valence-corrected chi connectivity index (χ1v) is 9.55. The Kier molecular flexibility index (Phi) is 4.56. The highest BCUT2D eigenvalue weighted by atomic mass is 16.5. The van der Waals surface area contributed by atoms with Gasteiger partial charge in [-0.05, 0) is 23.6 Å². The molecule has 1 amide bonds. The summed E-state index contributed by atoms with van der Waals surface area (Å²) >= 11 is 0. The molecule has 1 fully saturated rings. The third-order valence-electron chi connectivity index (χ3n) is 4.89. The van der Waals surface area contributed by atoms with E-state index in [4.69, 9.17) is 4.74 Å². The molecule has 1 aromatic carbocycles. The Balaban J connectivity index is 1.36. The Hall–Kier alpha value is -3.85. The number of carbonyl (C=O) groups is 1. The molecule has 9 heteroatoms. The number of hydrogen-bond donors (Lipinski definition) is 2. The van der Waals surface area contributed by atoms with Crippen molar-refractivity contribution >= 4 is 22.5 Å². The van der Waals surface area contributed by atoms with Gasteiger partial charge in [-0.15, -0.1) is 5.10 Å². The number of pyridine rings is 2. The number of hydrogen-bond acceptors (Lipinski definition) is 7. The lowest BCUT2D eigenvalue weighted by Gasteiger charge is -2.27. The van der Waals surface area contributed by atoms with Crippen LogP contribution in [0.3, 0.4) is 0 Å². The molecule has 1 aliphatic heterocycles. The van der Waals surface area contributed by atoms with E-state index in [1.165, 1.54) is 0 Å². The SMILES string of the molecule is Cn1cc(-c2ccc3cnc(NC(=O)c4ccnc(OC5CNC5)c4)cc3c2)nn1. The van der Waals surface area contributed by atoms with E-state index in [9.17, 15) is 4.79 Å². The average molecular weight is 401 g/mol. The molecule has 0 spiro atoms. The second kappa shape index (κ2) is 7.53. The van der Waals surface area contributed by atoms with E-state index in [0.29, 0.717) is 17.3 Å². The van der Waals surface area contributed by atoms with Crippen molar-refractivity contribution in [2.24, 2.45) is 7.05 Å². The number of nitrogens with zero attached hydrogens (tertiary/aromatic N) is 5. The fourth-order valence-corrected chi connectivity index (χ4v) is 3.17. The van der Waals surface area contributed by atoms with Crippen LogP contribution in [0.2, 0.25) is 0 Å². The van der Waals surface area contributed by atoms with E-state index in [-0.39, 0.29) is 12.0 Å². The first-order chi connectivity index (χ1) is 14.6. The van der Waals surface area contributed by atoms with Gasteiger partial charge in [-0.3, -0.25) is 9.48 Å². The third kappa shape index (κ3) is 3.70. The molecule has 2 N–H and O–H groups in total. The fourth-order valence-electron chi connectivity index (χ4n) is 3.17. The number of aryl methyl sites for hydroxylation is 1. The fraction of sp³-hybridized carbons (Fsp3) is 0.190. The lowest BCUT2D eigenvalue weighted by atomic mass is 10.1. The zero-order valence-electron chi connectivity index (χ0n) is 16.2. The average Bonchev–Trinajstić information content (AvgIpc) is 3.17. The minimum absolute atomic E-state index is 0.0986. The van der Waals surface area contributed by atoms with Crippen molar-refractivity contribution in [1.82, 2.24) is 30.3 Å². The van der Waals surface area contributed by atoms with Crippen molar-refractivity contribution in [2.45, 2.75) is 6.10 Å². The molecular formula is C21H19N7O2. The molecular weight excluding hydrogens is 382 g/mol. The van der Waals surface area contributed by atoms with E-state index in [1.807, 2.05) is 37.5 Å². The molecule has 9 nitrogen and oxygen atoms in total. The van der Waals surface area contributed by atoms with Crippen LogP contribution in [0.5, 0.6) is 5.88 Å². The minimum atomic E-state index is -0.272. The van der Waals surface area contributed by atoms with Crippen LogP contribution in [0.4, 0.5) is 5.82 Å². The first kappa shape index (κ1) is 18.2. The van der Waals surface area contributed by atoms with Crippen LogP contribution in [0.25, 0.3) is 22.0 Å². The normalized spacial score (nSPS) is 13.8. The van der Waals surface area contributed by atoms with Gasteiger partial charge < -0.3 is 15.4 Å².